The molecule has 2 aromatic carbocycles. The van der Waals surface area contributed by atoms with Crippen molar-refractivity contribution in [1.82, 2.24) is 0 Å². The van der Waals surface area contributed by atoms with Gasteiger partial charge in [0.05, 0.1) is 5.56 Å². The molecule has 2 aliphatic rings. The average Bonchev–Trinajstić information content (AvgIpc) is 2.77. The topological polar surface area (TPSA) is 34.1 Å². The second-order valence-corrected chi connectivity index (χ2v) is 8.28. The normalized spacial score (nSPS) is 16.9. The highest BCUT2D eigenvalue weighted by molar-refractivity contribution is 6.44. The van der Waals surface area contributed by atoms with Gasteiger partial charge in [-0.2, -0.15) is 13.2 Å². The van der Waals surface area contributed by atoms with Gasteiger partial charge in [0.15, 0.2) is 11.6 Å². The molecule has 166 valence electrons. The molecule has 2 aliphatic carbocycles. The summed E-state index contributed by atoms with van der Waals surface area (Å²) >= 11 is 0. The summed E-state index contributed by atoms with van der Waals surface area (Å²) in [6, 6.07) is 12.1. The van der Waals surface area contributed by atoms with Crippen molar-refractivity contribution in [3.05, 3.63) is 117 Å². The van der Waals surface area contributed by atoms with Crippen LogP contribution in [0.5, 0.6) is 0 Å². The van der Waals surface area contributed by atoms with Gasteiger partial charge >= 0.3 is 6.18 Å². The number of hydrogen-bond donors (Lipinski definition) is 0. The van der Waals surface area contributed by atoms with Crippen LogP contribution < -0.4 is 0 Å². The molecular weight excluding hydrogens is 425 g/mol. The summed E-state index contributed by atoms with van der Waals surface area (Å²) in [5, 5.41) is 0. The maximum absolute atomic E-state index is 13.4. The molecule has 2 aromatic rings. The lowest BCUT2D eigenvalue weighted by Gasteiger charge is -2.20. The average molecular weight is 446 g/mol. The molecule has 2 nitrogen and oxygen atoms in total. The van der Waals surface area contributed by atoms with Gasteiger partial charge in [0, 0.05) is 11.1 Å². The Labute approximate surface area is 190 Å². The third kappa shape index (κ3) is 4.44. The number of benzene rings is 2. The van der Waals surface area contributed by atoms with Crippen molar-refractivity contribution in [3.8, 4) is 0 Å². The zero-order chi connectivity index (χ0) is 23.9. The minimum Gasteiger partial charge on any atom is -0.289 e. The highest BCUT2D eigenvalue weighted by atomic mass is 19.4. The van der Waals surface area contributed by atoms with Crippen LogP contribution in [0, 0.1) is 6.92 Å². The summed E-state index contributed by atoms with van der Waals surface area (Å²) in [5.74, 6) is -0.308. The minimum absolute atomic E-state index is 0.0408. The van der Waals surface area contributed by atoms with Crippen LogP contribution in [-0.4, -0.2) is 11.6 Å². The van der Waals surface area contributed by atoms with Crippen molar-refractivity contribution < 1.29 is 22.8 Å². The van der Waals surface area contributed by atoms with Crippen molar-refractivity contribution in [3.63, 3.8) is 0 Å². The van der Waals surface area contributed by atoms with Crippen LogP contribution in [0.25, 0.3) is 11.1 Å². The molecule has 4 rings (SSSR count). The Morgan fingerprint density at radius 2 is 1.00 bits per heavy atom. The van der Waals surface area contributed by atoms with E-state index in [1.807, 2.05) is 31.2 Å². The zero-order valence-electron chi connectivity index (χ0n) is 18.4. The lowest BCUT2D eigenvalue weighted by Crippen LogP contribution is -2.12. The van der Waals surface area contributed by atoms with Gasteiger partial charge in [-0.3, -0.25) is 9.59 Å². The maximum atomic E-state index is 13.4. The molecule has 33 heavy (non-hydrogen) atoms. The zero-order valence-corrected chi connectivity index (χ0v) is 18.4. The van der Waals surface area contributed by atoms with Crippen LogP contribution in [0.3, 0.4) is 0 Å². The van der Waals surface area contributed by atoms with Gasteiger partial charge < -0.3 is 0 Å². The van der Waals surface area contributed by atoms with Crippen LogP contribution in [0.1, 0.15) is 36.1 Å². The van der Waals surface area contributed by atoms with Crippen LogP contribution in [0.2, 0.25) is 0 Å². The first-order valence-corrected chi connectivity index (χ1v) is 10.4. The van der Waals surface area contributed by atoms with E-state index in [9.17, 15) is 22.8 Å². The molecule has 0 bridgehead atoms. The lowest BCUT2D eigenvalue weighted by molar-refractivity contribution is -0.137. The number of allylic oxidation sites excluding steroid dienone is 10. The van der Waals surface area contributed by atoms with Crippen LogP contribution in [-0.2, 0) is 15.8 Å². The van der Waals surface area contributed by atoms with Gasteiger partial charge in [0.2, 0.25) is 0 Å². The molecule has 0 N–H and O–H groups in total. The number of rotatable bonds is 2. The summed E-state index contributed by atoms with van der Waals surface area (Å²) in [7, 11) is 0. The van der Waals surface area contributed by atoms with Gasteiger partial charge in [-0.05, 0) is 90.6 Å². The molecule has 0 saturated carbocycles. The fraction of sp³-hybridized carbons (Fsp3) is 0.143. The first-order valence-electron chi connectivity index (χ1n) is 10.4. The number of carbonyl (C=O) groups is 2. The largest absolute Gasteiger partial charge is 0.416 e. The predicted molar refractivity (Wildman–Crippen MR) is 123 cm³/mol. The SMILES string of the molecule is CC1=CC(=C2C=C(c3ccc(C)cc3)C(=O)C(c3ccc(C(F)(F)F)cc3)=C2)C=C(C)C1=O. The number of halogens is 3. The van der Waals surface area contributed by atoms with Gasteiger partial charge in [-0.15, -0.1) is 0 Å². The Kier molecular flexibility index (Phi) is 5.66. The van der Waals surface area contributed by atoms with Gasteiger partial charge in [-0.25, -0.2) is 0 Å². The van der Waals surface area contributed by atoms with Crippen molar-refractivity contribution in [2.75, 3.05) is 0 Å². The molecule has 0 atom stereocenters. The Bertz CT molecular complexity index is 1290. The highest BCUT2D eigenvalue weighted by Gasteiger charge is 2.31. The number of carbonyl (C=O) groups excluding carboxylic acids is 2. The van der Waals surface area contributed by atoms with Crippen LogP contribution in [0.4, 0.5) is 13.2 Å². The van der Waals surface area contributed by atoms with E-state index in [4.69, 9.17) is 0 Å². The highest BCUT2D eigenvalue weighted by Crippen LogP contribution is 2.36. The van der Waals surface area contributed by atoms with Crippen molar-refractivity contribution in [1.29, 1.82) is 0 Å². The van der Waals surface area contributed by atoms with E-state index in [2.05, 4.69) is 0 Å². The summed E-state index contributed by atoms with van der Waals surface area (Å²) in [6.07, 6.45) is 2.54. The summed E-state index contributed by atoms with van der Waals surface area (Å²) < 4.78 is 39.1. The van der Waals surface area contributed by atoms with E-state index in [0.29, 0.717) is 33.4 Å². The maximum Gasteiger partial charge on any atom is 0.416 e. The Morgan fingerprint density at radius 1 is 0.576 bits per heavy atom. The fourth-order valence-corrected chi connectivity index (χ4v) is 3.91. The molecule has 0 aromatic heterocycles. The Balaban J connectivity index is 1.89. The summed E-state index contributed by atoms with van der Waals surface area (Å²) in [4.78, 5) is 25.6. The molecule has 0 saturated heterocycles. The third-order valence-electron chi connectivity index (χ3n) is 5.77. The van der Waals surface area contributed by atoms with E-state index in [-0.39, 0.29) is 11.6 Å². The van der Waals surface area contributed by atoms with Gasteiger partial charge in [0.25, 0.3) is 0 Å². The van der Waals surface area contributed by atoms with E-state index < -0.39 is 11.7 Å². The monoisotopic (exact) mass is 446 g/mol. The summed E-state index contributed by atoms with van der Waals surface area (Å²) in [6.45, 7) is 5.42. The van der Waals surface area contributed by atoms with E-state index in [0.717, 1.165) is 28.8 Å². The third-order valence-corrected chi connectivity index (χ3v) is 5.77. The van der Waals surface area contributed by atoms with Crippen LogP contribution in [0.15, 0.2) is 95.1 Å². The quantitative estimate of drug-likeness (QED) is 0.506. The van der Waals surface area contributed by atoms with Crippen molar-refractivity contribution in [2.24, 2.45) is 0 Å². The Morgan fingerprint density at radius 3 is 1.45 bits per heavy atom. The number of aryl methyl sites for hydroxylation is 1. The molecule has 0 fully saturated rings. The molecule has 0 amide bonds. The Hall–Kier alpha value is -3.73. The molecule has 0 radical (unpaired) electrons. The van der Waals surface area contributed by atoms with Gasteiger partial charge in [-0.1, -0.05) is 42.0 Å². The molecule has 0 unspecified atom stereocenters. The number of alkyl halides is 3. The number of Topliss-reactive ketones (excluding diaryl/α,β-unsaturated/α-hetero) is 2. The first-order chi connectivity index (χ1) is 15.5. The smallest absolute Gasteiger partial charge is 0.289 e. The van der Waals surface area contributed by atoms with E-state index >= 15 is 0 Å². The van der Waals surface area contributed by atoms with Crippen molar-refractivity contribution >= 4 is 22.7 Å². The summed E-state index contributed by atoms with van der Waals surface area (Å²) in [5.41, 5.74) is 4.80. The lowest BCUT2D eigenvalue weighted by atomic mass is 9.83. The molecule has 0 spiro atoms. The van der Waals surface area contributed by atoms with E-state index in [1.54, 1.807) is 38.2 Å². The number of hydrogen-bond acceptors (Lipinski definition) is 2. The second-order valence-electron chi connectivity index (χ2n) is 8.28. The molecule has 5 heteroatoms. The first kappa shape index (κ1) is 22.5. The standard InChI is InChI=1S/C28H21F3O2/c1-16-4-6-19(7-5-16)24-14-22(21-12-17(2)26(32)18(3)13-21)15-25(27(24)33)20-8-10-23(11-9-20)28(29,30)31/h4-15H,1-3H3. The second kappa shape index (κ2) is 8.32. The van der Waals surface area contributed by atoms with Crippen molar-refractivity contribution in [2.45, 2.75) is 26.9 Å². The fourth-order valence-electron chi connectivity index (χ4n) is 3.91. The van der Waals surface area contributed by atoms with Crippen LogP contribution >= 0.6 is 0 Å². The van der Waals surface area contributed by atoms with E-state index in [1.165, 1.54) is 12.1 Å². The minimum atomic E-state index is -4.46. The molecular formula is C28H21F3O2. The number of ketones is 2. The van der Waals surface area contributed by atoms with Gasteiger partial charge in [0.1, 0.15) is 0 Å². The molecule has 0 heterocycles. The predicted octanol–water partition coefficient (Wildman–Crippen LogP) is 6.84. The molecule has 0 aliphatic heterocycles.